The maximum atomic E-state index is 13.0. The van der Waals surface area contributed by atoms with Gasteiger partial charge in [-0.05, 0) is 30.5 Å². The van der Waals surface area contributed by atoms with E-state index in [4.69, 9.17) is 4.74 Å². The fraction of sp³-hybridized carbons (Fsp3) is 0.579. The van der Waals surface area contributed by atoms with Crippen molar-refractivity contribution in [2.75, 3.05) is 39.1 Å². The lowest BCUT2D eigenvalue weighted by Crippen LogP contribution is -2.44. The average Bonchev–Trinajstić information content (AvgIpc) is 3.04. The maximum absolute atomic E-state index is 13.0. The van der Waals surface area contributed by atoms with Gasteiger partial charge in [0.05, 0.1) is 18.2 Å². The van der Waals surface area contributed by atoms with E-state index in [1.54, 1.807) is 12.1 Å². The van der Waals surface area contributed by atoms with Crippen LogP contribution in [0, 0.1) is 5.82 Å². The van der Waals surface area contributed by atoms with E-state index in [2.05, 4.69) is 5.32 Å². The number of carbonyl (C=O) groups is 2. The highest BCUT2D eigenvalue weighted by Gasteiger charge is 2.45. The normalized spacial score (nSPS) is 24.2. The molecule has 3 rings (SSSR count). The zero-order valence-corrected chi connectivity index (χ0v) is 17.2. The second kappa shape index (κ2) is 9.19. The van der Waals surface area contributed by atoms with Gasteiger partial charge < -0.3 is 10.1 Å². The van der Waals surface area contributed by atoms with Gasteiger partial charge >= 0.3 is 0 Å². The molecule has 29 heavy (non-hydrogen) atoms. The molecule has 2 amide bonds. The van der Waals surface area contributed by atoms with Gasteiger partial charge in [0.25, 0.3) is 5.91 Å². The fourth-order valence-corrected chi connectivity index (χ4v) is 5.32. The topological polar surface area (TPSA) is 96.0 Å². The van der Waals surface area contributed by atoms with Crippen LogP contribution in [0.15, 0.2) is 24.3 Å². The van der Waals surface area contributed by atoms with Gasteiger partial charge in [0.15, 0.2) is 0 Å². The lowest BCUT2D eigenvalue weighted by atomic mass is 10.1. The summed E-state index contributed by atoms with van der Waals surface area (Å²) in [6.45, 7) is 1.15. The predicted octanol–water partition coefficient (Wildman–Crippen LogP) is 0.136. The van der Waals surface area contributed by atoms with Crippen molar-refractivity contribution in [2.45, 2.75) is 31.3 Å². The van der Waals surface area contributed by atoms with Crippen LogP contribution in [-0.2, 0) is 30.8 Å². The molecule has 2 saturated heterocycles. The van der Waals surface area contributed by atoms with E-state index in [0.29, 0.717) is 31.6 Å². The molecule has 2 aliphatic rings. The quantitative estimate of drug-likeness (QED) is 0.622. The SMILES string of the molecule is COCCCN1C(=O)[C@@H]2C[C@H](NC(=O)Cc3ccc(F)cc3)CN2CCS1(=O)=O. The number of hydrogen-bond donors (Lipinski definition) is 1. The molecule has 2 aliphatic heterocycles. The van der Waals surface area contributed by atoms with Crippen molar-refractivity contribution >= 4 is 21.8 Å². The largest absolute Gasteiger partial charge is 0.385 e. The average molecular weight is 427 g/mol. The minimum Gasteiger partial charge on any atom is -0.385 e. The third-order valence-corrected chi connectivity index (χ3v) is 6.99. The van der Waals surface area contributed by atoms with E-state index in [1.807, 2.05) is 4.90 Å². The number of methoxy groups -OCH3 is 1. The van der Waals surface area contributed by atoms with Crippen molar-refractivity contribution in [1.29, 1.82) is 0 Å². The van der Waals surface area contributed by atoms with E-state index in [9.17, 15) is 22.4 Å². The number of nitrogens with zero attached hydrogens (tertiary/aromatic N) is 2. The van der Waals surface area contributed by atoms with Gasteiger partial charge in [-0.15, -0.1) is 0 Å². The minimum atomic E-state index is -3.65. The first-order valence-electron chi connectivity index (χ1n) is 9.61. The Hall–Kier alpha value is -2.04. The summed E-state index contributed by atoms with van der Waals surface area (Å²) in [5.41, 5.74) is 0.697. The summed E-state index contributed by atoms with van der Waals surface area (Å²) >= 11 is 0. The van der Waals surface area contributed by atoms with Gasteiger partial charge in [0, 0.05) is 39.4 Å². The van der Waals surface area contributed by atoms with Crippen LogP contribution >= 0.6 is 0 Å². The molecule has 1 aromatic rings. The molecule has 1 aromatic carbocycles. The molecule has 0 saturated carbocycles. The molecule has 0 bridgehead atoms. The van der Waals surface area contributed by atoms with Crippen LogP contribution in [0.5, 0.6) is 0 Å². The second-order valence-corrected chi connectivity index (χ2v) is 9.40. The molecule has 0 spiro atoms. The summed E-state index contributed by atoms with van der Waals surface area (Å²) in [7, 11) is -2.12. The summed E-state index contributed by atoms with van der Waals surface area (Å²) in [5, 5.41) is 2.91. The Kier molecular flexibility index (Phi) is 6.86. The molecule has 1 N–H and O–H groups in total. The van der Waals surface area contributed by atoms with Crippen molar-refractivity contribution in [3.63, 3.8) is 0 Å². The smallest absolute Gasteiger partial charge is 0.253 e. The summed E-state index contributed by atoms with van der Waals surface area (Å²) in [4.78, 5) is 27.1. The highest BCUT2D eigenvalue weighted by Crippen LogP contribution is 2.25. The summed E-state index contributed by atoms with van der Waals surface area (Å²) in [5.74, 6) is -1.13. The summed E-state index contributed by atoms with van der Waals surface area (Å²) < 4.78 is 43.8. The van der Waals surface area contributed by atoms with E-state index in [-0.39, 0.29) is 43.0 Å². The number of benzene rings is 1. The lowest BCUT2D eigenvalue weighted by molar-refractivity contribution is -0.130. The van der Waals surface area contributed by atoms with Crippen molar-refractivity contribution in [2.24, 2.45) is 0 Å². The molecule has 10 heteroatoms. The van der Waals surface area contributed by atoms with Gasteiger partial charge in [-0.25, -0.2) is 17.1 Å². The molecule has 8 nitrogen and oxygen atoms in total. The van der Waals surface area contributed by atoms with Crippen LogP contribution in [-0.4, -0.2) is 80.6 Å². The van der Waals surface area contributed by atoms with E-state index < -0.39 is 22.0 Å². The van der Waals surface area contributed by atoms with Crippen LogP contribution in [0.3, 0.4) is 0 Å². The molecule has 160 valence electrons. The van der Waals surface area contributed by atoms with Crippen LogP contribution in [0.1, 0.15) is 18.4 Å². The predicted molar refractivity (Wildman–Crippen MR) is 104 cm³/mol. The molecule has 0 aromatic heterocycles. The minimum absolute atomic E-state index is 0.0982. The first-order chi connectivity index (χ1) is 13.8. The maximum Gasteiger partial charge on any atom is 0.253 e. The van der Waals surface area contributed by atoms with Gasteiger partial charge in [0.2, 0.25) is 15.9 Å². The van der Waals surface area contributed by atoms with Crippen molar-refractivity contribution in [3.05, 3.63) is 35.6 Å². The van der Waals surface area contributed by atoms with Crippen LogP contribution < -0.4 is 5.32 Å². The van der Waals surface area contributed by atoms with Gasteiger partial charge in [-0.2, -0.15) is 0 Å². The standard InChI is InChI=1S/C19H26FN3O5S/c1-28-9-2-7-23-19(25)17-12-16(13-22(17)8-10-29(23,26)27)21-18(24)11-14-3-5-15(20)6-4-14/h3-6,16-17H,2,7-13H2,1H3,(H,21,24)/t16-,17-/m0/s1. The Bertz CT molecular complexity index is 846. The molecule has 0 unspecified atom stereocenters. The Morgan fingerprint density at radius 2 is 2.03 bits per heavy atom. The highest BCUT2D eigenvalue weighted by atomic mass is 32.2. The number of fused-ring (bicyclic) bond motifs is 1. The molecule has 0 radical (unpaired) electrons. The molecular weight excluding hydrogens is 401 g/mol. The number of sulfonamides is 1. The molecule has 2 heterocycles. The zero-order valence-electron chi connectivity index (χ0n) is 16.3. The van der Waals surface area contributed by atoms with Gasteiger partial charge in [0.1, 0.15) is 5.82 Å². The first kappa shape index (κ1) is 21.7. The van der Waals surface area contributed by atoms with Crippen LogP contribution in [0.25, 0.3) is 0 Å². The third-order valence-electron chi connectivity index (χ3n) is 5.26. The summed E-state index contributed by atoms with van der Waals surface area (Å²) in [6.07, 6.45) is 0.920. The van der Waals surface area contributed by atoms with E-state index >= 15 is 0 Å². The van der Waals surface area contributed by atoms with Crippen LogP contribution in [0.2, 0.25) is 0 Å². The van der Waals surface area contributed by atoms with E-state index in [0.717, 1.165) is 4.31 Å². The summed E-state index contributed by atoms with van der Waals surface area (Å²) in [6, 6.07) is 4.93. The second-order valence-electron chi connectivity index (χ2n) is 7.39. The van der Waals surface area contributed by atoms with Crippen molar-refractivity contribution in [3.8, 4) is 0 Å². The number of halogens is 1. The fourth-order valence-electron chi connectivity index (χ4n) is 3.83. The number of rotatable bonds is 7. The number of amides is 2. The monoisotopic (exact) mass is 427 g/mol. The molecule has 0 aliphatic carbocycles. The van der Waals surface area contributed by atoms with Crippen molar-refractivity contribution < 1.29 is 27.1 Å². The van der Waals surface area contributed by atoms with Crippen molar-refractivity contribution in [1.82, 2.24) is 14.5 Å². The zero-order chi connectivity index (χ0) is 21.0. The molecule has 2 fully saturated rings. The Morgan fingerprint density at radius 1 is 1.31 bits per heavy atom. The van der Waals surface area contributed by atoms with E-state index in [1.165, 1.54) is 19.2 Å². The van der Waals surface area contributed by atoms with Gasteiger partial charge in [-0.1, -0.05) is 12.1 Å². The number of ether oxygens (including phenoxy) is 1. The first-order valence-corrected chi connectivity index (χ1v) is 11.2. The Morgan fingerprint density at radius 3 is 2.72 bits per heavy atom. The molecule has 2 atom stereocenters. The highest BCUT2D eigenvalue weighted by molar-refractivity contribution is 7.89. The number of carbonyl (C=O) groups excluding carboxylic acids is 2. The Labute approximate surface area is 170 Å². The Balaban J connectivity index is 1.61. The van der Waals surface area contributed by atoms with Gasteiger partial charge in [-0.3, -0.25) is 14.5 Å². The number of nitrogens with one attached hydrogen (secondary N) is 1. The third kappa shape index (κ3) is 5.31. The molecular formula is C19H26FN3O5S. The van der Waals surface area contributed by atoms with Crippen LogP contribution in [0.4, 0.5) is 4.39 Å². The number of hydrogen-bond acceptors (Lipinski definition) is 6. The lowest BCUT2D eigenvalue weighted by Gasteiger charge is -2.23.